The molecule has 0 aromatic heterocycles. The van der Waals surface area contributed by atoms with Crippen LogP contribution in [0.4, 0.5) is 4.79 Å². The van der Waals surface area contributed by atoms with Gasteiger partial charge in [0.15, 0.2) is 5.78 Å². The minimum Gasteiger partial charge on any atom is -0.447 e. The summed E-state index contributed by atoms with van der Waals surface area (Å²) in [5.74, 6) is -2.89. The lowest BCUT2D eigenvalue weighted by Crippen LogP contribution is -2.76. The number of ketones is 1. The van der Waals surface area contributed by atoms with E-state index in [0.29, 0.717) is 0 Å². The van der Waals surface area contributed by atoms with Crippen molar-refractivity contribution in [1.82, 2.24) is 0 Å². The smallest absolute Gasteiger partial charge is 0.404 e. The average molecular weight is 333 g/mol. The molecule has 1 heterocycles. The molecule has 1 rings (SSSR count). The van der Waals surface area contributed by atoms with Crippen LogP contribution in [-0.2, 0) is 19.0 Å². The Morgan fingerprint density at radius 1 is 1.39 bits per heavy atom. The second-order valence-corrected chi connectivity index (χ2v) is 5.41. The van der Waals surface area contributed by atoms with Crippen LogP contribution in [0.5, 0.6) is 0 Å². The van der Waals surface area contributed by atoms with Crippen molar-refractivity contribution in [3.8, 4) is 0 Å². The first-order chi connectivity index (χ1) is 10.6. The number of rotatable bonds is 6. The molecule has 5 N–H and O–H groups in total. The Balaban J connectivity index is 3.30. The van der Waals surface area contributed by atoms with Gasteiger partial charge in [-0.1, -0.05) is 13.5 Å². The minimum atomic E-state index is -2.58. The standard InChI is InChI=1S/C14H23NO8/c1-5-13(21-4)14(20,10(17)7(2)3)11(18)9(16)8(23-13)6-22-12(15)19/h8-9,11,16,18,20H,2,5-6H2,1,3-4H3,(H2,15,19)/t8-,9-,11+,13+,14-/m1/s1. The van der Waals surface area contributed by atoms with E-state index in [-0.39, 0.29) is 12.0 Å². The second-order valence-electron chi connectivity index (χ2n) is 5.41. The van der Waals surface area contributed by atoms with E-state index >= 15 is 0 Å². The molecule has 0 aliphatic carbocycles. The van der Waals surface area contributed by atoms with Crippen LogP contribution in [-0.4, -0.2) is 70.6 Å². The number of hydrogen-bond acceptors (Lipinski definition) is 8. The lowest BCUT2D eigenvalue weighted by Gasteiger charge is -2.53. The molecule has 132 valence electrons. The van der Waals surface area contributed by atoms with Crippen LogP contribution >= 0.6 is 0 Å². The average Bonchev–Trinajstić information content (AvgIpc) is 2.51. The summed E-state index contributed by atoms with van der Waals surface area (Å²) in [6, 6.07) is 0. The van der Waals surface area contributed by atoms with Crippen molar-refractivity contribution >= 4 is 11.9 Å². The van der Waals surface area contributed by atoms with Gasteiger partial charge in [0.1, 0.15) is 24.9 Å². The zero-order valence-corrected chi connectivity index (χ0v) is 13.3. The Morgan fingerprint density at radius 3 is 2.35 bits per heavy atom. The number of amides is 1. The van der Waals surface area contributed by atoms with Crippen LogP contribution < -0.4 is 5.73 Å². The summed E-state index contributed by atoms with van der Waals surface area (Å²) in [6.07, 6.45) is -6.08. The van der Waals surface area contributed by atoms with E-state index in [4.69, 9.17) is 15.2 Å². The molecule has 0 saturated carbocycles. The number of methoxy groups -OCH3 is 1. The molecular weight excluding hydrogens is 310 g/mol. The van der Waals surface area contributed by atoms with Crippen LogP contribution in [0, 0.1) is 0 Å². The van der Waals surface area contributed by atoms with E-state index in [1.54, 1.807) is 6.92 Å². The van der Waals surface area contributed by atoms with E-state index in [0.717, 1.165) is 0 Å². The van der Waals surface area contributed by atoms with Crippen molar-refractivity contribution < 1.29 is 39.1 Å². The molecule has 0 spiro atoms. The number of carbonyl (C=O) groups excluding carboxylic acids is 2. The fraction of sp³-hybridized carbons (Fsp3) is 0.714. The van der Waals surface area contributed by atoms with Gasteiger partial charge >= 0.3 is 6.09 Å². The van der Waals surface area contributed by atoms with Gasteiger partial charge in [0.2, 0.25) is 11.4 Å². The summed E-state index contributed by atoms with van der Waals surface area (Å²) in [7, 11) is 1.18. The third-order valence-electron chi connectivity index (χ3n) is 3.97. The van der Waals surface area contributed by atoms with Gasteiger partial charge in [-0.2, -0.15) is 0 Å². The maximum absolute atomic E-state index is 12.4. The summed E-state index contributed by atoms with van der Waals surface area (Å²) < 4.78 is 15.3. The number of nitrogens with two attached hydrogens (primary N) is 1. The zero-order valence-electron chi connectivity index (χ0n) is 13.3. The summed E-state index contributed by atoms with van der Waals surface area (Å²) >= 11 is 0. The highest BCUT2D eigenvalue weighted by atomic mass is 16.7. The van der Waals surface area contributed by atoms with Crippen molar-refractivity contribution in [2.75, 3.05) is 13.7 Å². The van der Waals surface area contributed by atoms with E-state index in [1.807, 2.05) is 0 Å². The third-order valence-corrected chi connectivity index (χ3v) is 3.97. The SMILES string of the molecule is C=C(C)C(=O)[C@@]1(O)[C@@H](O)[C@H](O)[C@@H](COC(N)=O)O[C@]1(CC)OC. The molecule has 1 aliphatic heterocycles. The molecule has 9 nitrogen and oxygen atoms in total. The van der Waals surface area contributed by atoms with Gasteiger partial charge < -0.3 is 35.3 Å². The van der Waals surface area contributed by atoms with Gasteiger partial charge in [0, 0.05) is 13.5 Å². The van der Waals surface area contributed by atoms with Crippen LogP contribution in [0.15, 0.2) is 12.2 Å². The first-order valence-corrected chi connectivity index (χ1v) is 7.01. The highest BCUT2D eigenvalue weighted by molar-refractivity contribution is 6.02. The highest BCUT2D eigenvalue weighted by Crippen LogP contribution is 2.43. The Bertz CT molecular complexity index is 489. The Morgan fingerprint density at radius 2 is 1.96 bits per heavy atom. The lowest BCUT2D eigenvalue weighted by atomic mass is 9.74. The van der Waals surface area contributed by atoms with E-state index in [9.17, 15) is 24.9 Å². The monoisotopic (exact) mass is 333 g/mol. The quantitative estimate of drug-likeness (QED) is 0.444. The van der Waals surface area contributed by atoms with Crippen molar-refractivity contribution in [2.24, 2.45) is 5.73 Å². The topological polar surface area (TPSA) is 149 Å². The first kappa shape index (κ1) is 19.5. The van der Waals surface area contributed by atoms with Crippen LogP contribution in [0.25, 0.3) is 0 Å². The summed E-state index contributed by atoms with van der Waals surface area (Å²) in [5, 5.41) is 31.3. The zero-order chi connectivity index (χ0) is 18.0. The largest absolute Gasteiger partial charge is 0.447 e. The number of Topliss-reactive ketones (excluding diaryl/α,β-unsaturated/α-hetero) is 1. The first-order valence-electron chi connectivity index (χ1n) is 7.01. The second kappa shape index (κ2) is 6.93. The molecule has 1 aliphatic rings. The van der Waals surface area contributed by atoms with Crippen LogP contribution in [0.3, 0.4) is 0 Å². The van der Waals surface area contributed by atoms with Gasteiger partial charge in [-0.3, -0.25) is 4.79 Å². The Hall–Kier alpha value is -1.52. The van der Waals surface area contributed by atoms with Crippen LogP contribution in [0.2, 0.25) is 0 Å². The predicted molar refractivity (Wildman–Crippen MR) is 77.2 cm³/mol. The molecule has 0 radical (unpaired) electrons. The number of ether oxygens (including phenoxy) is 3. The lowest BCUT2D eigenvalue weighted by molar-refractivity contribution is -0.382. The van der Waals surface area contributed by atoms with Crippen LogP contribution in [0.1, 0.15) is 20.3 Å². The van der Waals surface area contributed by atoms with Crippen molar-refractivity contribution in [3.05, 3.63) is 12.2 Å². The van der Waals surface area contributed by atoms with Gasteiger partial charge in [-0.15, -0.1) is 0 Å². The molecular formula is C14H23NO8. The Labute approximate surface area is 133 Å². The maximum atomic E-state index is 12.4. The Kier molecular flexibility index (Phi) is 5.89. The predicted octanol–water partition coefficient (Wildman–Crippen LogP) is -1.17. The fourth-order valence-electron chi connectivity index (χ4n) is 2.71. The number of aliphatic hydroxyl groups is 3. The van der Waals surface area contributed by atoms with Gasteiger partial charge in [-0.25, -0.2) is 4.79 Å². The third kappa shape index (κ3) is 3.10. The maximum Gasteiger partial charge on any atom is 0.404 e. The molecule has 23 heavy (non-hydrogen) atoms. The van der Waals surface area contributed by atoms with Crippen molar-refractivity contribution in [1.29, 1.82) is 0 Å². The molecule has 1 saturated heterocycles. The molecule has 0 aromatic carbocycles. The summed E-state index contributed by atoms with van der Waals surface area (Å²) in [5.41, 5.74) is 2.23. The molecule has 1 amide bonds. The van der Waals surface area contributed by atoms with Crippen molar-refractivity contribution in [3.63, 3.8) is 0 Å². The van der Waals surface area contributed by atoms with Gasteiger partial charge in [0.25, 0.3) is 0 Å². The number of primary amides is 1. The van der Waals surface area contributed by atoms with E-state index < -0.39 is 48.2 Å². The minimum absolute atomic E-state index is 0.0458. The molecule has 0 bridgehead atoms. The fourth-order valence-corrected chi connectivity index (χ4v) is 2.71. The highest BCUT2D eigenvalue weighted by Gasteiger charge is 2.67. The van der Waals surface area contributed by atoms with Gasteiger partial charge in [0.05, 0.1) is 0 Å². The molecule has 1 fully saturated rings. The molecule has 5 atom stereocenters. The van der Waals surface area contributed by atoms with Gasteiger partial charge in [-0.05, 0) is 12.5 Å². The van der Waals surface area contributed by atoms with Crippen molar-refractivity contribution in [2.45, 2.75) is 50.0 Å². The summed E-state index contributed by atoms with van der Waals surface area (Å²) in [6.45, 7) is 5.86. The summed E-state index contributed by atoms with van der Waals surface area (Å²) in [4.78, 5) is 23.1. The molecule has 9 heteroatoms. The number of aliphatic hydroxyl groups excluding tert-OH is 2. The van der Waals surface area contributed by atoms with E-state index in [2.05, 4.69) is 11.3 Å². The normalized spacial score (nSPS) is 37.2. The van der Waals surface area contributed by atoms with E-state index in [1.165, 1.54) is 14.0 Å². The molecule has 0 aromatic rings. The number of hydrogen-bond donors (Lipinski definition) is 4. The molecule has 0 unspecified atom stereocenters. The number of carbonyl (C=O) groups is 2.